The maximum absolute atomic E-state index is 2.40. The molecule has 0 bridgehead atoms. The molecule has 0 aliphatic rings. The largest absolute Gasteiger partial charge is 0.310 e. The first kappa shape index (κ1) is 32.0. The highest BCUT2D eigenvalue weighted by Gasteiger charge is 2.19. The van der Waals surface area contributed by atoms with E-state index in [0.717, 1.165) is 17.1 Å². The average molecular weight is 676 g/mol. The number of fused-ring (bicyclic) bond motifs is 1. The van der Waals surface area contributed by atoms with Crippen molar-refractivity contribution in [3.63, 3.8) is 0 Å². The molecule has 9 aromatic rings. The second kappa shape index (κ2) is 14.3. The van der Waals surface area contributed by atoms with E-state index in [-0.39, 0.29) is 0 Å². The molecule has 0 heterocycles. The fourth-order valence-corrected chi connectivity index (χ4v) is 7.52. The van der Waals surface area contributed by atoms with Gasteiger partial charge in [-0.05, 0) is 97.2 Å². The summed E-state index contributed by atoms with van der Waals surface area (Å²) in [6, 6.07) is 80.8. The molecule has 53 heavy (non-hydrogen) atoms. The first-order valence-electron chi connectivity index (χ1n) is 18.2. The van der Waals surface area contributed by atoms with Gasteiger partial charge in [0.2, 0.25) is 0 Å². The van der Waals surface area contributed by atoms with Crippen LogP contribution < -0.4 is 4.90 Å². The van der Waals surface area contributed by atoms with Crippen molar-refractivity contribution in [2.75, 3.05) is 4.90 Å². The Hall–Kier alpha value is -6.96. The molecular formula is C52H37N. The van der Waals surface area contributed by atoms with E-state index in [1.807, 2.05) is 0 Å². The van der Waals surface area contributed by atoms with E-state index in [4.69, 9.17) is 0 Å². The number of hydrogen-bond acceptors (Lipinski definition) is 1. The summed E-state index contributed by atoms with van der Waals surface area (Å²) in [4.78, 5) is 2.40. The van der Waals surface area contributed by atoms with Crippen LogP contribution >= 0.6 is 0 Å². The van der Waals surface area contributed by atoms with Gasteiger partial charge in [0.15, 0.2) is 0 Å². The van der Waals surface area contributed by atoms with E-state index in [1.165, 1.54) is 66.4 Å². The maximum Gasteiger partial charge on any atom is 0.0540 e. The maximum atomic E-state index is 2.40. The highest BCUT2D eigenvalue weighted by molar-refractivity contribution is 5.98. The summed E-state index contributed by atoms with van der Waals surface area (Å²) in [6.45, 7) is 0. The summed E-state index contributed by atoms with van der Waals surface area (Å²) >= 11 is 0. The first-order chi connectivity index (χ1) is 26.3. The second-order valence-electron chi connectivity index (χ2n) is 13.3. The predicted octanol–water partition coefficient (Wildman–Crippen LogP) is 14.6. The molecule has 0 amide bonds. The fraction of sp³-hybridized carbons (Fsp3) is 0. The van der Waals surface area contributed by atoms with Crippen molar-refractivity contribution in [2.45, 2.75) is 0 Å². The van der Waals surface area contributed by atoms with Gasteiger partial charge in [-0.25, -0.2) is 0 Å². The fourth-order valence-electron chi connectivity index (χ4n) is 7.52. The van der Waals surface area contributed by atoms with Crippen LogP contribution in [0.4, 0.5) is 17.1 Å². The highest BCUT2D eigenvalue weighted by Crippen LogP contribution is 2.43. The van der Waals surface area contributed by atoms with Gasteiger partial charge in [0.25, 0.3) is 0 Å². The van der Waals surface area contributed by atoms with Gasteiger partial charge in [0.1, 0.15) is 0 Å². The van der Waals surface area contributed by atoms with Gasteiger partial charge in [-0.3, -0.25) is 0 Å². The lowest BCUT2D eigenvalue weighted by Crippen LogP contribution is -2.11. The van der Waals surface area contributed by atoms with E-state index in [0.29, 0.717) is 0 Å². The molecule has 0 spiro atoms. The molecule has 0 fully saturated rings. The van der Waals surface area contributed by atoms with E-state index in [9.17, 15) is 0 Å². The van der Waals surface area contributed by atoms with Crippen LogP contribution in [0.5, 0.6) is 0 Å². The molecular weight excluding hydrogens is 639 g/mol. The van der Waals surface area contributed by atoms with Gasteiger partial charge in [-0.1, -0.05) is 188 Å². The van der Waals surface area contributed by atoms with Crippen LogP contribution in [0, 0.1) is 0 Å². The Kier molecular flexibility index (Phi) is 8.66. The highest BCUT2D eigenvalue weighted by atomic mass is 15.1. The van der Waals surface area contributed by atoms with E-state index in [2.05, 4.69) is 229 Å². The van der Waals surface area contributed by atoms with Gasteiger partial charge in [0, 0.05) is 16.9 Å². The molecule has 0 atom stereocenters. The van der Waals surface area contributed by atoms with E-state index < -0.39 is 0 Å². The van der Waals surface area contributed by atoms with Crippen molar-refractivity contribution in [1.29, 1.82) is 0 Å². The zero-order valence-electron chi connectivity index (χ0n) is 29.3. The van der Waals surface area contributed by atoms with Crippen molar-refractivity contribution in [2.24, 2.45) is 0 Å². The predicted molar refractivity (Wildman–Crippen MR) is 226 cm³/mol. The molecule has 0 aliphatic carbocycles. The van der Waals surface area contributed by atoms with Crippen LogP contribution in [0.2, 0.25) is 0 Å². The monoisotopic (exact) mass is 675 g/mol. The lowest BCUT2D eigenvalue weighted by molar-refractivity contribution is 1.28. The summed E-state index contributed by atoms with van der Waals surface area (Å²) in [5, 5.41) is 2.50. The minimum absolute atomic E-state index is 1.09. The molecule has 9 rings (SSSR count). The smallest absolute Gasteiger partial charge is 0.0540 e. The van der Waals surface area contributed by atoms with E-state index in [1.54, 1.807) is 0 Å². The normalized spacial score (nSPS) is 11.0. The lowest BCUT2D eigenvalue weighted by atomic mass is 9.93. The Morgan fingerprint density at radius 1 is 0.245 bits per heavy atom. The third kappa shape index (κ3) is 6.42. The topological polar surface area (TPSA) is 3.24 Å². The molecule has 1 nitrogen and oxygen atoms in total. The van der Waals surface area contributed by atoms with Crippen LogP contribution in [-0.4, -0.2) is 0 Å². The van der Waals surface area contributed by atoms with Crippen LogP contribution in [0.3, 0.4) is 0 Å². The lowest BCUT2D eigenvalue weighted by Gasteiger charge is -2.28. The molecule has 0 aromatic heterocycles. The quantitative estimate of drug-likeness (QED) is 0.155. The van der Waals surface area contributed by atoms with Crippen molar-refractivity contribution < 1.29 is 0 Å². The van der Waals surface area contributed by atoms with Crippen LogP contribution in [0.1, 0.15) is 0 Å². The zero-order chi connectivity index (χ0) is 35.4. The summed E-state index contributed by atoms with van der Waals surface area (Å²) in [6.07, 6.45) is 0. The molecule has 9 aromatic carbocycles. The molecule has 0 N–H and O–H groups in total. The molecule has 0 radical (unpaired) electrons. The van der Waals surface area contributed by atoms with Crippen LogP contribution in [0.25, 0.3) is 66.4 Å². The number of para-hydroxylation sites is 1. The van der Waals surface area contributed by atoms with Crippen molar-refractivity contribution in [3.05, 3.63) is 224 Å². The summed E-state index contributed by atoms with van der Waals surface area (Å²) < 4.78 is 0. The van der Waals surface area contributed by atoms with Gasteiger partial charge < -0.3 is 4.90 Å². The summed E-state index contributed by atoms with van der Waals surface area (Å²) in [5.74, 6) is 0. The summed E-state index contributed by atoms with van der Waals surface area (Å²) in [7, 11) is 0. The molecule has 1 heteroatoms. The molecule has 0 saturated heterocycles. The Labute approximate surface area is 311 Å². The number of benzene rings is 9. The third-order valence-corrected chi connectivity index (χ3v) is 10.1. The number of hydrogen-bond donors (Lipinski definition) is 0. The summed E-state index contributed by atoms with van der Waals surface area (Å²) in [5.41, 5.74) is 15.3. The number of rotatable bonds is 8. The van der Waals surface area contributed by atoms with Gasteiger partial charge in [0.05, 0.1) is 5.69 Å². The van der Waals surface area contributed by atoms with E-state index >= 15 is 0 Å². The van der Waals surface area contributed by atoms with Crippen molar-refractivity contribution in [3.8, 4) is 55.6 Å². The van der Waals surface area contributed by atoms with Gasteiger partial charge in [-0.2, -0.15) is 0 Å². The Balaban J connectivity index is 1.18. The Morgan fingerprint density at radius 2 is 0.736 bits per heavy atom. The molecule has 0 saturated carbocycles. The SMILES string of the molecule is c1ccc(-c2cccc(N(c3ccc(-c4ccccc4-c4ccccc4)cc3)c3ccccc3-c3cccc(-c4cccc5ccccc45)c3)c2)cc1. The average Bonchev–Trinajstić information content (AvgIpc) is 3.25. The zero-order valence-corrected chi connectivity index (χ0v) is 29.3. The Morgan fingerprint density at radius 3 is 1.49 bits per heavy atom. The first-order valence-corrected chi connectivity index (χ1v) is 18.2. The number of nitrogens with zero attached hydrogens (tertiary/aromatic N) is 1. The van der Waals surface area contributed by atoms with Gasteiger partial charge in [-0.15, -0.1) is 0 Å². The number of anilines is 3. The van der Waals surface area contributed by atoms with Crippen molar-refractivity contribution in [1.82, 2.24) is 0 Å². The minimum atomic E-state index is 1.09. The second-order valence-corrected chi connectivity index (χ2v) is 13.3. The minimum Gasteiger partial charge on any atom is -0.310 e. The molecule has 0 aliphatic heterocycles. The molecule has 0 unspecified atom stereocenters. The third-order valence-electron chi connectivity index (χ3n) is 10.1. The van der Waals surface area contributed by atoms with Crippen molar-refractivity contribution >= 4 is 27.8 Å². The van der Waals surface area contributed by atoms with Crippen LogP contribution in [0.15, 0.2) is 224 Å². The molecule has 250 valence electrons. The standard InChI is InChI=1S/C52H37N/c1-3-16-38(17-4-1)42-22-14-25-46(37-42)53(45-34-32-41(33-35-45)49-28-10-9-27-47(49)39-18-5-2-6-19-39)52-31-12-11-29-51(52)44-24-13-23-43(36-44)50-30-15-21-40-20-7-8-26-48(40)50/h1-37H. The van der Waals surface area contributed by atoms with Gasteiger partial charge >= 0.3 is 0 Å². The Bertz CT molecular complexity index is 2650. The van der Waals surface area contributed by atoms with Crippen LogP contribution in [-0.2, 0) is 0 Å².